The number of carbonyl (C=O) groups excluding carboxylic acids is 1. The van der Waals surface area contributed by atoms with Crippen LogP contribution in [0.1, 0.15) is 47.0 Å². The molecule has 1 aromatic heterocycles. The number of nitrogens with one attached hydrogen (secondary N) is 2. The number of hydrogen-bond acceptors (Lipinski definition) is 4. The number of hydrogen-bond donors (Lipinski definition) is 2. The Morgan fingerprint density at radius 2 is 1.69 bits per heavy atom. The summed E-state index contributed by atoms with van der Waals surface area (Å²) in [5, 5.41) is 7.28. The van der Waals surface area contributed by atoms with Crippen LogP contribution in [0.2, 0.25) is 0 Å². The number of fused-ring (bicyclic) bond motifs is 1. The maximum absolute atomic E-state index is 13.4. The first-order valence-corrected chi connectivity index (χ1v) is 11.1. The van der Waals surface area contributed by atoms with E-state index in [-0.39, 0.29) is 17.7 Å². The van der Waals surface area contributed by atoms with E-state index in [0.29, 0.717) is 6.42 Å². The number of thiophene rings is 1. The molecule has 0 fully saturated rings. The Labute approximate surface area is 175 Å². The molecule has 1 aliphatic carbocycles. The fourth-order valence-electron chi connectivity index (χ4n) is 4.41. The molecule has 2 aliphatic rings. The maximum Gasteiger partial charge on any atom is 0.163 e. The fourth-order valence-corrected chi connectivity index (χ4v) is 5.42. The standard InChI is InChI=1S/C25H24N2OS/c1-2-18-12-13-23(29-18)25-24-21(26-19-10-6-7-11-20(19)27-25)14-17(15-22(24)28)16-8-4-3-5-9-16/h3-13,17,25-27H,2,14-15H2,1H3/t17-,25+/m1/s1. The number of carbonyl (C=O) groups is 1. The van der Waals surface area contributed by atoms with Crippen LogP contribution < -0.4 is 10.6 Å². The van der Waals surface area contributed by atoms with Crippen molar-refractivity contribution in [2.45, 2.75) is 38.1 Å². The fraction of sp³-hybridized carbons (Fsp3) is 0.240. The lowest BCUT2D eigenvalue weighted by atomic mass is 9.79. The normalized spacial score (nSPS) is 20.9. The Morgan fingerprint density at radius 1 is 0.931 bits per heavy atom. The van der Waals surface area contributed by atoms with Gasteiger partial charge in [0, 0.05) is 27.4 Å². The van der Waals surface area contributed by atoms with Crippen molar-refractivity contribution in [1.29, 1.82) is 0 Å². The van der Waals surface area contributed by atoms with Gasteiger partial charge in [0.1, 0.15) is 0 Å². The monoisotopic (exact) mass is 400 g/mol. The van der Waals surface area contributed by atoms with Crippen LogP contribution >= 0.6 is 11.3 Å². The summed E-state index contributed by atoms with van der Waals surface area (Å²) >= 11 is 1.80. The van der Waals surface area contributed by atoms with Gasteiger partial charge in [-0.05, 0) is 48.6 Å². The second-order valence-electron chi connectivity index (χ2n) is 7.74. The number of Topliss-reactive ketones (excluding diaryl/α,β-unsaturated/α-hetero) is 1. The summed E-state index contributed by atoms with van der Waals surface area (Å²) in [5.41, 5.74) is 5.28. The number of benzene rings is 2. The van der Waals surface area contributed by atoms with E-state index < -0.39 is 0 Å². The van der Waals surface area contributed by atoms with E-state index >= 15 is 0 Å². The van der Waals surface area contributed by atoms with Gasteiger partial charge in [0.15, 0.2) is 5.78 Å². The first kappa shape index (κ1) is 18.2. The van der Waals surface area contributed by atoms with Gasteiger partial charge in [-0.25, -0.2) is 0 Å². The quantitative estimate of drug-likeness (QED) is 0.543. The summed E-state index contributed by atoms with van der Waals surface area (Å²) in [7, 11) is 0. The molecule has 0 saturated carbocycles. The van der Waals surface area contributed by atoms with E-state index in [2.05, 4.69) is 66.1 Å². The van der Waals surface area contributed by atoms with Gasteiger partial charge in [0.05, 0.1) is 17.4 Å². The van der Waals surface area contributed by atoms with E-state index in [9.17, 15) is 4.79 Å². The molecule has 146 valence electrons. The third-order valence-corrected chi connectivity index (χ3v) is 7.19. The first-order valence-electron chi connectivity index (χ1n) is 10.3. The molecule has 3 nitrogen and oxygen atoms in total. The number of allylic oxidation sites excluding steroid dienone is 1. The summed E-state index contributed by atoms with van der Waals surface area (Å²) in [4.78, 5) is 16.0. The Balaban J connectivity index is 1.60. The van der Waals surface area contributed by atoms with Crippen LogP contribution in [0.5, 0.6) is 0 Å². The minimum absolute atomic E-state index is 0.101. The largest absolute Gasteiger partial charge is 0.372 e. The lowest BCUT2D eigenvalue weighted by molar-refractivity contribution is -0.116. The minimum Gasteiger partial charge on any atom is -0.372 e. The van der Waals surface area contributed by atoms with Crippen molar-refractivity contribution in [2.24, 2.45) is 0 Å². The van der Waals surface area contributed by atoms with E-state index in [0.717, 1.165) is 35.5 Å². The van der Waals surface area contributed by atoms with Gasteiger partial charge in [0.25, 0.3) is 0 Å². The van der Waals surface area contributed by atoms with E-state index in [4.69, 9.17) is 0 Å². The summed E-state index contributed by atoms with van der Waals surface area (Å²) in [6, 6.07) is 22.9. The van der Waals surface area contributed by atoms with Crippen LogP contribution in [0.3, 0.4) is 0 Å². The van der Waals surface area contributed by atoms with Crippen LogP contribution in [0.4, 0.5) is 11.4 Å². The molecule has 5 rings (SSSR count). The van der Waals surface area contributed by atoms with Crippen molar-refractivity contribution in [3.05, 3.63) is 93.3 Å². The second-order valence-corrected chi connectivity index (χ2v) is 8.94. The summed E-state index contributed by atoms with van der Waals surface area (Å²) in [6.07, 6.45) is 2.43. The SMILES string of the molecule is CCc1ccc([C@@H]2Nc3ccccc3NC3=C2C(=O)C[C@H](c2ccccc2)C3)s1. The van der Waals surface area contributed by atoms with Crippen molar-refractivity contribution in [3.63, 3.8) is 0 Å². The van der Waals surface area contributed by atoms with E-state index in [1.165, 1.54) is 15.3 Å². The number of anilines is 2. The molecule has 1 aliphatic heterocycles. The number of aryl methyl sites for hydroxylation is 1. The Bertz CT molecular complexity index is 1080. The van der Waals surface area contributed by atoms with Crippen LogP contribution in [0, 0.1) is 0 Å². The number of ketones is 1. The van der Waals surface area contributed by atoms with Crippen LogP contribution in [0.15, 0.2) is 78.0 Å². The Kier molecular flexibility index (Phi) is 4.72. The molecule has 2 heterocycles. The first-order chi connectivity index (χ1) is 14.2. The van der Waals surface area contributed by atoms with Crippen molar-refractivity contribution in [2.75, 3.05) is 10.6 Å². The van der Waals surface area contributed by atoms with Crippen LogP contribution in [-0.2, 0) is 11.2 Å². The zero-order valence-corrected chi connectivity index (χ0v) is 17.3. The predicted octanol–water partition coefficient (Wildman–Crippen LogP) is 6.29. The summed E-state index contributed by atoms with van der Waals surface area (Å²) < 4.78 is 0. The molecule has 2 atom stereocenters. The molecule has 0 bridgehead atoms. The molecule has 0 spiro atoms. The third-order valence-electron chi connectivity index (χ3n) is 5.90. The van der Waals surface area contributed by atoms with Gasteiger partial charge >= 0.3 is 0 Å². The van der Waals surface area contributed by atoms with Crippen LogP contribution in [0.25, 0.3) is 0 Å². The van der Waals surface area contributed by atoms with E-state index in [1.54, 1.807) is 11.3 Å². The molecular formula is C25H24N2OS. The molecule has 29 heavy (non-hydrogen) atoms. The highest BCUT2D eigenvalue weighted by Crippen LogP contribution is 2.45. The van der Waals surface area contributed by atoms with Crippen LogP contribution in [-0.4, -0.2) is 5.78 Å². The smallest absolute Gasteiger partial charge is 0.163 e. The van der Waals surface area contributed by atoms with Gasteiger partial charge in [-0.2, -0.15) is 0 Å². The molecule has 2 aromatic carbocycles. The third kappa shape index (κ3) is 3.38. The molecule has 4 heteroatoms. The molecule has 0 saturated heterocycles. The highest BCUT2D eigenvalue weighted by Gasteiger charge is 2.36. The topological polar surface area (TPSA) is 41.1 Å². The highest BCUT2D eigenvalue weighted by atomic mass is 32.1. The van der Waals surface area contributed by atoms with Gasteiger partial charge in [0.2, 0.25) is 0 Å². The van der Waals surface area contributed by atoms with Gasteiger partial charge in [-0.3, -0.25) is 4.79 Å². The van der Waals surface area contributed by atoms with Crippen molar-refractivity contribution in [1.82, 2.24) is 0 Å². The average molecular weight is 401 g/mol. The van der Waals surface area contributed by atoms with Gasteiger partial charge < -0.3 is 10.6 Å². The molecule has 2 N–H and O–H groups in total. The second kappa shape index (κ2) is 7.53. The lowest BCUT2D eigenvalue weighted by Crippen LogP contribution is -2.26. The number of rotatable bonds is 3. The Morgan fingerprint density at radius 3 is 2.45 bits per heavy atom. The predicted molar refractivity (Wildman–Crippen MR) is 121 cm³/mol. The molecule has 3 aromatic rings. The highest BCUT2D eigenvalue weighted by molar-refractivity contribution is 7.12. The molecule has 0 radical (unpaired) electrons. The zero-order valence-electron chi connectivity index (χ0n) is 16.4. The van der Waals surface area contributed by atoms with E-state index in [1.807, 2.05) is 18.2 Å². The van der Waals surface area contributed by atoms with Crippen molar-refractivity contribution < 1.29 is 4.79 Å². The molecule has 0 unspecified atom stereocenters. The average Bonchev–Trinajstić information content (AvgIpc) is 3.16. The summed E-state index contributed by atoms with van der Waals surface area (Å²) in [6.45, 7) is 2.17. The lowest BCUT2D eigenvalue weighted by Gasteiger charge is -2.29. The number of para-hydroxylation sites is 2. The minimum atomic E-state index is -0.101. The zero-order chi connectivity index (χ0) is 19.8. The maximum atomic E-state index is 13.4. The molecule has 0 amide bonds. The van der Waals surface area contributed by atoms with Gasteiger partial charge in [-0.1, -0.05) is 49.4 Å². The van der Waals surface area contributed by atoms with Crippen molar-refractivity contribution >= 4 is 28.5 Å². The Hall–Kier alpha value is -2.85. The van der Waals surface area contributed by atoms with Gasteiger partial charge in [-0.15, -0.1) is 11.3 Å². The molecular weight excluding hydrogens is 376 g/mol. The summed E-state index contributed by atoms with van der Waals surface area (Å²) in [5.74, 6) is 0.458. The van der Waals surface area contributed by atoms with Crippen molar-refractivity contribution in [3.8, 4) is 0 Å².